The van der Waals surface area contributed by atoms with Crippen LogP contribution in [0.2, 0.25) is 0 Å². The normalized spacial score (nSPS) is 12.8. The fraction of sp³-hybridized carbons (Fsp3) is 0.100. The van der Waals surface area contributed by atoms with Gasteiger partial charge in [0.25, 0.3) is 0 Å². The van der Waals surface area contributed by atoms with E-state index in [2.05, 4.69) is 72.2 Å². The second-order valence-electron chi connectivity index (χ2n) is 5.97. The number of rotatable bonds is 0. The Morgan fingerprint density at radius 3 is 2.62 bits per heavy atom. The molecule has 0 aliphatic carbocycles. The number of benzene rings is 3. The van der Waals surface area contributed by atoms with Gasteiger partial charge in [-0.3, -0.25) is 0 Å². The molecule has 0 saturated carbocycles. The first-order valence-corrected chi connectivity index (χ1v) is 7.44. The third-order valence-corrected chi connectivity index (χ3v) is 4.64. The van der Waals surface area contributed by atoms with E-state index in [0.29, 0.717) is 0 Å². The van der Waals surface area contributed by atoms with Crippen LogP contribution in [0.5, 0.6) is 0 Å². The zero-order chi connectivity index (χ0) is 14.0. The minimum Gasteiger partial charge on any atom is -0.309 e. The van der Waals surface area contributed by atoms with E-state index in [1.54, 1.807) is 0 Å². The van der Waals surface area contributed by atoms with E-state index in [-0.39, 0.29) is 0 Å². The second-order valence-corrected chi connectivity index (χ2v) is 5.97. The maximum atomic E-state index is 2.45. The zero-order valence-corrected chi connectivity index (χ0v) is 11.9. The molecule has 21 heavy (non-hydrogen) atoms. The Hall–Kier alpha value is -2.54. The summed E-state index contributed by atoms with van der Waals surface area (Å²) in [7, 11) is 0. The van der Waals surface area contributed by atoms with Crippen LogP contribution < -0.4 is 0 Å². The molecule has 0 atom stereocenters. The monoisotopic (exact) mass is 269 g/mol. The molecule has 0 unspecified atom stereocenters. The number of para-hydroxylation sites is 2. The highest BCUT2D eigenvalue weighted by Crippen LogP contribution is 2.39. The molecular formula is C20H15N. The number of nitrogens with zero attached hydrogens (tertiary/aromatic N) is 1. The van der Waals surface area contributed by atoms with Crippen molar-refractivity contribution in [3.05, 3.63) is 77.4 Å². The molecular weight excluding hydrogens is 254 g/mol. The van der Waals surface area contributed by atoms with Crippen molar-refractivity contribution in [3.8, 4) is 5.69 Å². The van der Waals surface area contributed by atoms with Crippen LogP contribution in [-0.4, -0.2) is 4.57 Å². The highest BCUT2D eigenvalue weighted by Gasteiger charge is 2.21. The molecule has 1 heteroatoms. The lowest BCUT2D eigenvalue weighted by Crippen LogP contribution is -2.07. The van der Waals surface area contributed by atoms with E-state index in [1.807, 2.05) is 0 Å². The molecule has 1 aromatic heterocycles. The number of aryl methyl sites for hydroxylation is 1. The zero-order valence-electron chi connectivity index (χ0n) is 11.9. The SMILES string of the molecule is Cc1ccc2c(c1)-n1c3ccccc3c3cccc(c31)C2. The van der Waals surface area contributed by atoms with Crippen LogP contribution >= 0.6 is 0 Å². The van der Waals surface area contributed by atoms with Crippen molar-refractivity contribution in [1.29, 1.82) is 0 Å². The third kappa shape index (κ3) is 1.36. The molecule has 0 fully saturated rings. The summed E-state index contributed by atoms with van der Waals surface area (Å²) in [6, 6.07) is 22.2. The maximum absolute atomic E-state index is 2.45. The summed E-state index contributed by atoms with van der Waals surface area (Å²) in [6.45, 7) is 2.17. The van der Waals surface area contributed by atoms with Gasteiger partial charge in [-0.25, -0.2) is 0 Å². The van der Waals surface area contributed by atoms with E-state index in [1.165, 1.54) is 44.2 Å². The van der Waals surface area contributed by atoms with Gasteiger partial charge >= 0.3 is 0 Å². The molecule has 0 spiro atoms. The van der Waals surface area contributed by atoms with Gasteiger partial charge in [0.2, 0.25) is 0 Å². The van der Waals surface area contributed by atoms with Gasteiger partial charge in [0, 0.05) is 22.9 Å². The Labute approximate surface area is 123 Å². The molecule has 1 aliphatic rings. The van der Waals surface area contributed by atoms with E-state index in [0.717, 1.165) is 6.42 Å². The molecule has 1 aliphatic heterocycles. The van der Waals surface area contributed by atoms with Crippen molar-refractivity contribution >= 4 is 21.8 Å². The van der Waals surface area contributed by atoms with Crippen LogP contribution in [0.1, 0.15) is 16.7 Å². The van der Waals surface area contributed by atoms with Gasteiger partial charge in [0.15, 0.2) is 0 Å². The number of fused-ring (bicyclic) bond motifs is 5. The molecule has 1 nitrogen and oxygen atoms in total. The fourth-order valence-electron chi connectivity index (χ4n) is 3.72. The average molecular weight is 269 g/mol. The van der Waals surface area contributed by atoms with Gasteiger partial charge in [0.05, 0.1) is 11.0 Å². The summed E-state index contributed by atoms with van der Waals surface area (Å²) in [6.07, 6.45) is 1.03. The van der Waals surface area contributed by atoms with Crippen molar-refractivity contribution in [2.45, 2.75) is 13.3 Å². The second kappa shape index (κ2) is 3.76. The lowest BCUT2D eigenvalue weighted by molar-refractivity contribution is 1.04. The van der Waals surface area contributed by atoms with Crippen LogP contribution in [0.3, 0.4) is 0 Å². The lowest BCUT2D eigenvalue weighted by Gasteiger charge is -2.21. The standard InChI is InChI=1S/C20H15N/c1-13-9-10-14-12-15-5-4-7-17-16-6-2-3-8-18(16)21(20(15)17)19(14)11-13/h2-11H,12H2,1H3. The maximum Gasteiger partial charge on any atom is 0.0576 e. The number of hydrogen-bond acceptors (Lipinski definition) is 0. The summed E-state index contributed by atoms with van der Waals surface area (Å²) >= 11 is 0. The fourth-order valence-corrected chi connectivity index (χ4v) is 3.72. The van der Waals surface area contributed by atoms with Gasteiger partial charge in [0.1, 0.15) is 0 Å². The Kier molecular flexibility index (Phi) is 2.00. The summed E-state index contributed by atoms with van der Waals surface area (Å²) < 4.78 is 2.45. The highest BCUT2D eigenvalue weighted by molar-refractivity contribution is 6.11. The van der Waals surface area contributed by atoms with Gasteiger partial charge in [-0.05, 0) is 35.7 Å². The van der Waals surface area contributed by atoms with Gasteiger partial charge in [-0.1, -0.05) is 48.5 Å². The summed E-state index contributed by atoms with van der Waals surface area (Å²) in [5.41, 5.74) is 8.21. The number of hydrogen-bond donors (Lipinski definition) is 0. The van der Waals surface area contributed by atoms with E-state index >= 15 is 0 Å². The minimum atomic E-state index is 1.03. The Morgan fingerprint density at radius 2 is 1.67 bits per heavy atom. The van der Waals surface area contributed by atoms with E-state index in [9.17, 15) is 0 Å². The molecule has 4 aromatic rings. The summed E-state index contributed by atoms with van der Waals surface area (Å²) in [5, 5.41) is 2.72. The predicted molar refractivity (Wildman–Crippen MR) is 88.3 cm³/mol. The van der Waals surface area contributed by atoms with Crippen LogP contribution in [0.25, 0.3) is 27.5 Å². The van der Waals surface area contributed by atoms with Crippen LogP contribution in [0.4, 0.5) is 0 Å². The topological polar surface area (TPSA) is 4.93 Å². The van der Waals surface area contributed by atoms with Crippen LogP contribution in [0, 0.1) is 6.92 Å². The molecule has 100 valence electrons. The van der Waals surface area contributed by atoms with Gasteiger partial charge < -0.3 is 4.57 Å². The van der Waals surface area contributed by atoms with Crippen molar-refractivity contribution in [2.24, 2.45) is 0 Å². The lowest BCUT2D eigenvalue weighted by atomic mass is 9.96. The molecule has 0 N–H and O–H groups in total. The van der Waals surface area contributed by atoms with Crippen LogP contribution in [0.15, 0.2) is 60.7 Å². The molecule has 0 radical (unpaired) electrons. The Morgan fingerprint density at radius 1 is 0.810 bits per heavy atom. The largest absolute Gasteiger partial charge is 0.309 e. The van der Waals surface area contributed by atoms with Gasteiger partial charge in [-0.15, -0.1) is 0 Å². The molecule has 0 bridgehead atoms. The predicted octanol–water partition coefficient (Wildman–Crippen LogP) is 5.00. The average Bonchev–Trinajstić information content (AvgIpc) is 2.85. The van der Waals surface area contributed by atoms with Crippen molar-refractivity contribution in [3.63, 3.8) is 0 Å². The number of aromatic nitrogens is 1. The molecule has 0 saturated heterocycles. The Balaban J connectivity index is 2.09. The summed E-state index contributed by atoms with van der Waals surface area (Å²) in [4.78, 5) is 0. The quantitative estimate of drug-likeness (QED) is 0.373. The smallest absolute Gasteiger partial charge is 0.0576 e. The van der Waals surface area contributed by atoms with Crippen LogP contribution in [-0.2, 0) is 6.42 Å². The molecule has 3 aromatic carbocycles. The van der Waals surface area contributed by atoms with Crippen molar-refractivity contribution in [2.75, 3.05) is 0 Å². The highest BCUT2D eigenvalue weighted by atomic mass is 15.0. The molecule has 5 rings (SSSR count). The van der Waals surface area contributed by atoms with E-state index < -0.39 is 0 Å². The first-order valence-electron chi connectivity index (χ1n) is 7.44. The van der Waals surface area contributed by atoms with Crippen molar-refractivity contribution < 1.29 is 0 Å². The Bertz CT molecular complexity index is 1020. The first kappa shape index (κ1) is 11.2. The third-order valence-electron chi connectivity index (χ3n) is 4.64. The van der Waals surface area contributed by atoms with E-state index in [4.69, 9.17) is 0 Å². The molecule has 0 amide bonds. The van der Waals surface area contributed by atoms with Crippen molar-refractivity contribution in [1.82, 2.24) is 4.57 Å². The first-order chi connectivity index (χ1) is 10.3. The minimum absolute atomic E-state index is 1.03. The van der Waals surface area contributed by atoms with Gasteiger partial charge in [-0.2, -0.15) is 0 Å². The summed E-state index contributed by atoms with van der Waals surface area (Å²) in [5.74, 6) is 0. The molecule has 2 heterocycles.